The van der Waals surface area contributed by atoms with Crippen LogP contribution in [0.25, 0.3) is 6.08 Å². The van der Waals surface area contributed by atoms with Gasteiger partial charge in [0, 0.05) is 38.0 Å². The number of nitrogens with one attached hydrogen (secondary N) is 1. The molecule has 0 fully saturated rings. The van der Waals surface area contributed by atoms with Crippen molar-refractivity contribution in [3.05, 3.63) is 65.2 Å². The largest absolute Gasteiger partial charge is 0.500 e. The fourth-order valence-corrected chi connectivity index (χ4v) is 7.06. The van der Waals surface area contributed by atoms with Crippen molar-refractivity contribution in [2.24, 2.45) is 0 Å². The van der Waals surface area contributed by atoms with Crippen LogP contribution in [0, 0.1) is 0 Å². The highest BCUT2D eigenvalue weighted by atomic mass is 28.4. The summed E-state index contributed by atoms with van der Waals surface area (Å²) in [5.74, 6) is -0.483. The second-order valence-corrected chi connectivity index (χ2v) is 12.7. The summed E-state index contributed by atoms with van der Waals surface area (Å²) in [6, 6.07) is 13.9. The van der Waals surface area contributed by atoms with E-state index in [9.17, 15) is 19.5 Å². The van der Waals surface area contributed by atoms with Crippen molar-refractivity contribution in [2.45, 2.75) is 65.3 Å². The lowest BCUT2D eigenvalue weighted by Gasteiger charge is -2.28. The van der Waals surface area contributed by atoms with Crippen LogP contribution in [0.15, 0.2) is 54.1 Å². The zero-order valence-corrected chi connectivity index (χ0v) is 27.8. The Labute approximate surface area is 267 Å². The van der Waals surface area contributed by atoms with Crippen LogP contribution in [0.4, 0.5) is 4.79 Å². The lowest BCUT2D eigenvalue weighted by molar-refractivity contribution is -0.132. The molecule has 2 aromatic rings. The van der Waals surface area contributed by atoms with Crippen molar-refractivity contribution in [3.8, 4) is 11.5 Å². The van der Waals surface area contributed by atoms with Crippen LogP contribution in [0.1, 0.15) is 75.2 Å². The first-order valence-corrected chi connectivity index (χ1v) is 17.4. The molecule has 0 radical (unpaired) electrons. The Morgan fingerprint density at radius 3 is 1.98 bits per heavy atom. The highest BCUT2D eigenvalue weighted by Crippen LogP contribution is 2.20. The van der Waals surface area contributed by atoms with Gasteiger partial charge < -0.3 is 37.9 Å². The van der Waals surface area contributed by atoms with E-state index in [1.54, 1.807) is 61.7 Å². The SMILES string of the molecule is CCO[Si](CCCNC(=O)OCCCCCC/C(=C\c1ccc(OC(=O)c2ccc(OC)cc2)cc1)C(=O)O)(OCC)OCC. The number of alkyl carbamates (subject to hydrolysis) is 1. The summed E-state index contributed by atoms with van der Waals surface area (Å²) in [4.78, 5) is 36.2. The number of unbranched alkanes of at least 4 members (excludes halogenated alkanes) is 3. The second-order valence-electron chi connectivity index (χ2n) is 9.97. The van der Waals surface area contributed by atoms with Crippen LogP contribution < -0.4 is 14.8 Å². The predicted octanol–water partition coefficient (Wildman–Crippen LogP) is 6.50. The van der Waals surface area contributed by atoms with Gasteiger partial charge in [0.1, 0.15) is 11.5 Å². The number of esters is 1. The van der Waals surface area contributed by atoms with E-state index in [2.05, 4.69) is 5.32 Å². The Balaban J connectivity index is 1.67. The molecule has 0 aromatic heterocycles. The molecule has 0 spiro atoms. The molecule has 2 aromatic carbocycles. The van der Waals surface area contributed by atoms with E-state index in [0.29, 0.717) is 92.9 Å². The van der Waals surface area contributed by atoms with Crippen molar-refractivity contribution >= 4 is 32.9 Å². The molecule has 0 aliphatic rings. The predicted molar refractivity (Wildman–Crippen MR) is 172 cm³/mol. The first kappa shape index (κ1) is 37.5. The number of aliphatic carboxylic acids is 1. The quantitative estimate of drug-likeness (QED) is 0.0480. The summed E-state index contributed by atoms with van der Waals surface area (Å²) in [6.07, 6.45) is 5.19. The molecule has 12 heteroatoms. The van der Waals surface area contributed by atoms with Gasteiger partial charge in [0.2, 0.25) is 0 Å². The first-order chi connectivity index (χ1) is 21.8. The molecule has 11 nitrogen and oxygen atoms in total. The summed E-state index contributed by atoms with van der Waals surface area (Å²) < 4.78 is 33.2. The molecule has 0 aliphatic heterocycles. The third-order valence-electron chi connectivity index (χ3n) is 6.63. The fraction of sp³-hybridized carbons (Fsp3) is 0.485. The maximum atomic E-state index is 12.4. The summed E-state index contributed by atoms with van der Waals surface area (Å²) in [5.41, 5.74) is 1.37. The normalized spacial score (nSPS) is 11.6. The summed E-state index contributed by atoms with van der Waals surface area (Å²) in [6.45, 7) is 7.98. The smallest absolute Gasteiger partial charge is 0.497 e. The number of carbonyl (C=O) groups excluding carboxylic acids is 2. The molecule has 0 heterocycles. The molecular weight excluding hydrogens is 598 g/mol. The lowest BCUT2D eigenvalue weighted by Crippen LogP contribution is -2.46. The Bertz CT molecular complexity index is 1180. The van der Waals surface area contributed by atoms with E-state index in [0.717, 1.165) is 12.8 Å². The van der Waals surface area contributed by atoms with E-state index in [4.69, 9.17) is 27.5 Å². The number of carbonyl (C=O) groups is 3. The lowest BCUT2D eigenvalue weighted by atomic mass is 10.0. The summed E-state index contributed by atoms with van der Waals surface area (Å²) in [7, 11) is -1.17. The van der Waals surface area contributed by atoms with Crippen molar-refractivity contribution in [1.82, 2.24) is 5.32 Å². The van der Waals surface area contributed by atoms with E-state index in [1.165, 1.54) is 0 Å². The van der Waals surface area contributed by atoms with Gasteiger partial charge in [-0.3, -0.25) is 0 Å². The molecule has 0 atom stereocenters. The molecule has 2 rings (SSSR count). The Morgan fingerprint density at radius 1 is 0.800 bits per heavy atom. The summed E-state index contributed by atoms with van der Waals surface area (Å²) in [5, 5.41) is 12.4. The number of hydrogen-bond donors (Lipinski definition) is 2. The third kappa shape index (κ3) is 14.3. The Morgan fingerprint density at radius 2 is 1.40 bits per heavy atom. The van der Waals surface area contributed by atoms with Gasteiger partial charge in [0.15, 0.2) is 0 Å². The number of methoxy groups -OCH3 is 1. The molecule has 0 bridgehead atoms. The van der Waals surface area contributed by atoms with Crippen LogP contribution in [0.3, 0.4) is 0 Å². The van der Waals surface area contributed by atoms with Gasteiger partial charge >= 0.3 is 26.8 Å². The first-order valence-electron chi connectivity index (χ1n) is 15.5. The fourth-order valence-electron chi connectivity index (χ4n) is 4.45. The topological polar surface area (TPSA) is 139 Å². The maximum Gasteiger partial charge on any atom is 0.500 e. The molecule has 248 valence electrons. The Kier molecular flexibility index (Phi) is 17.6. The molecular formula is C33H47NO10Si. The van der Waals surface area contributed by atoms with Gasteiger partial charge in [-0.2, -0.15) is 0 Å². The van der Waals surface area contributed by atoms with Crippen LogP contribution in [-0.2, 0) is 22.8 Å². The van der Waals surface area contributed by atoms with Gasteiger partial charge in [-0.05, 0) is 94.5 Å². The average molecular weight is 646 g/mol. The van der Waals surface area contributed by atoms with Crippen molar-refractivity contribution in [3.63, 3.8) is 0 Å². The van der Waals surface area contributed by atoms with Crippen molar-refractivity contribution in [2.75, 3.05) is 40.1 Å². The molecule has 0 saturated carbocycles. The van der Waals surface area contributed by atoms with Crippen LogP contribution in [-0.4, -0.2) is 72.0 Å². The zero-order valence-electron chi connectivity index (χ0n) is 26.8. The van der Waals surface area contributed by atoms with E-state index in [-0.39, 0.29) is 0 Å². The van der Waals surface area contributed by atoms with Crippen LogP contribution in [0.2, 0.25) is 6.04 Å². The minimum absolute atomic E-state index is 0.290. The Hall–Kier alpha value is -3.71. The number of rotatable bonds is 22. The van der Waals surface area contributed by atoms with E-state index >= 15 is 0 Å². The molecule has 0 saturated heterocycles. The monoisotopic (exact) mass is 645 g/mol. The second kappa shape index (κ2) is 21.1. The summed E-state index contributed by atoms with van der Waals surface area (Å²) >= 11 is 0. The van der Waals surface area contributed by atoms with Gasteiger partial charge in [0.25, 0.3) is 0 Å². The van der Waals surface area contributed by atoms with Gasteiger partial charge in [0.05, 0.1) is 19.3 Å². The molecule has 0 aliphatic carbocycles. The molecule has 0 unspecified atom stereocenters. The highest BCUT2D eigenvalue weighted by Gasteiger charge is 2.39. The number of carboxylic acids is 1. The van der Waals surface area contributed by atoms with Crippen molar-refractivity contribution < 1.29 is 47.0 Å². The van der Waals surface area contributed by atoms with Crippen molar-refractivity contribution in [1.29, 1.82) is 0 Å². The molecule has 1 amide bonds. The molecule has 2 N–H and O–H groups in total. The number of ether oxygens (including phenoxy) is 3. The number of carboxylic acid groups (broad SMARTS) is 1. The number of benzene rings is 2. The average Bonchev–Trinajstić information content (AvgIpc) is 3.03. The van der Waals surface area contributed by atoms with Gasteiger partial charge in [-0.25, -0.2) is 14.4 Å². The number of hydrogen-bond acceptors (Lipinski definition) is 9. The standard InChI is InChI=1S/C33H47NO10Si/c1-5-41-45(42-6-2,43-7-3)24-12-22-34-33(38)40-23-11-9-8-10-13-28(31(35)36)25-26-14-18-30(19-15-26)44-32(37)27-16-20-29(39-4)21-17-27/h14-21,25H,5-13,22-24H2,1-4H3,(H,34,38)(H,35,36)/b28-25+. The van der Waals surface area contributed by atoms with Crippen LogP contribution >= 0.6 is 0 Å². The van der Waals surface area contributed by atoms with Crippen LogP contribution in [0.5, 0.6) is 11.5 Å². The van der Waals surface area contributed by atoms with Gasteiger partial charge in [-0.15, -0.1) is 0 Å². The zero-order chi connectivity index (χ0) is 32.9. The minimum Gasteiger partial charge on any atom is -0.497 e. The minimum atomic E-state index is -2.72. The van der Waals surface area contributed by atoms with Gasteiger partial charge in [-0.1, -0.05) is 25.0 Å². The molecule has 45 heavy (non-hydrogen) atoms. The maximum absolute atomic E-state index is 12.4. The highest BCUT2D eigenvalue weighted by molar-refractivity contribution is 6.60. The number of amides is 1. The van der Waals surface area contributed by atoms with E-state index < -0.39 is 26.8 Å². The van der Waals surface area contributed by atoms with E-state index in [1.807, 2.05) is 20.8 Å². The third-order valence-corrected chi connectivity index (χ3v) is 9.78.